The Labute approximate surface area is 74.9 Å². The van der Waals surface area contributed by atoms with Crippen LogP contribution < -0.4 is 11.1 Å². The third-order valence-corrected chi connectivity index (χ3v) is 3.38. The molecular formula is C10H20N2. The van der Waals surface area contributed by atoms with Crippen LogP contribution in [0.1, 0.15) is 38.5 Å². The normalized spacial score (nSPS) is 36.8. The second kappa shape index (κ2) is 3.75. The van der Waals surface area contributed by atoms with Gasteiger partial charge in [0.15, 0.2) is 0 Å². The molecule has 2 fully saturated rings. The highest BCUT2D eigenvalue weighted by molar-refractivity contribution is 4.82. The standard InChI is InChI=1S/C10H20N2/c11-9-5-4-8(6-9)7-12-10-2-1-3-10/h8-10,12H,1-7,11H2. The summed E-state index contributed by atoms with van der Waals surface area (Å²) in [6.45, 7) is 1.22. The summed E-state index contributed by atoms with van der Waals surface area (Å²) in [6, 6.07) is 1.35. The fraction of sp³-hybridized carbons (Fsp3) is 1.00. The molecule has 0 aromatic carbocycles. The van der Waals surface area contributed by atoms with Crippen molar-refractivity contribution in [3.8, 4) is 0 Å². The molecule has 0 aromatic rings. The third kappa shape index (κ3) is 1.99. The van der Waals surface area contributed by atoms with Crippen molar-refractivity contribution in [2.75, 3.05) is 6.54 Å². The van der Waals surface area contributed by atoms with Crippen LogP contribution in [0.3, 0.4) is 0 Å². The monoisotopic (exact) mass is 168 g/mol. The average molecular weight is 168 g/mol. The van der Waals surface area contributed by atoms with Crippen LogP contribution in [0.5, 0.6) is 0 Å². The molecule has 0 spiro atoms. The predicted octanol–water partition coefficient (Wildman–Crippen LogP) is 1.26. The zero-order chi connectivity index (χ0) is 8.39. The van der Waals surface area contributed by atoms with Crippen LogP contribution >= 0.6 is 0 Å². The molecule has 2 saturated carbocycles. The molecule has 2 nitrogen and oxygen atoms in total. The third-order valence-electron chi connectivity index (χ3n) is 3.38. The highest BCUT2D eigenvalue weighted by atomic mass is 14.9. The van der Waals surface area contributed by atoms with Gasteiger partial charge >= 0.3 is 0 Å². The number of rotatable bonds is 3. The summed E-state index contributed by atoms with van der Waals surface area (Å²) < 4.78 is 0. The van der Waals surface area contributed by atoms with Gasteiger partial charge in [-0.2, -0.15) is 0 Å². The van der Waals surface area contributed by atoms with E-state index in [2.05, 4.69) is 5.32 Å². The van der Waals surface area contributed by atoms with Gasteiger partial charge in [0, 0.05) is 12.1 Å². The molecule has 2 atom stereocenters. The molecule has 0 radical (unpaired) electrons. The lowest BCUT2D eigenvalue weighted by Gasteiger charge is -2.27. The predicted molar refractivity (Wildman–Crippen MR) is 51.0 cm³/mol. The van der Waals surface area contributed by atoms with Crippen molar-refractivity contribution in [3.63, 3.8) is 0 Å². The molecule has 12 heavy (non-hydrogen) atoms. The van der Waals surface area contributed by atoms with Gasteiger partial charge in [-0.05, 0) is 44.6 Å². The first-order valence-corrected chi connectivity index (χ1v) is 5.33. The summed E-state index contributed by atoms with van der Waals surface area (Å²) in [7, 11) is 0. The Morgan fingerprint density at radius 1 is 1.17 bits per heavy atom. The molecule has 3 N–H and O–H groups in total. The van der Waals surface area contributed by atoms with Gasteiger partial charge < -0.3 is 11.1 Å². The maximum absolute atomic E-state index is 5.85. The Kier molecular flexibility index (Phi) is 2.66. The van der Waals surface area contributed by atoms with Crippen LogP contribution in [-0.2, 0) is 0 Å². The Hall–Kier alpha value is -0.0800. The second-order valence-electron chi connectivity index (χ2n) is 4.48. The molecule has 2 aliphatic rings. The summed E-state index contributed by atoms with van der Waals surface area (Å²) in [5.74, 6) is 0.876. The van der Waals surface area contributed by atoms with Gasteiger partial charge in [0.2, 0.25) is 0 Å². The van der Waals surface area contributed by atoms with E-state index in [1.165, 1.54) is 45.1 Å². The average Bonchev–Trinajstić information content (AvgIpc) is 2.32. The summed E-state index contributed by atoms with van der Waals surface area (Å²) >= 11 is 0. The number of nitrogens with one attached hydrogen (secondary N) is 1. The maximum Gasteiger partial charge on any atom is 0.00671 e. The lowest BCUT2D eigenvalue weighted by molar-refractivity contribution is 0.316. The van der Waals surface area contributed by atoms with E-state index in [1.807, 2.05) is 0 Å². The minimum Gasteiger partial charge on any atom is -0.328 e. The minimum absolute atomic E-state index is 0.498. The molecule has 2 rings (SSSR count). The summed E-state index contributed by atoms with van der Waals surface area (Å²) in [5, 5.41) is 3.63. The zero-order valence-electron chi connectivity index (χ0n) is 7.76. The smallest absolute Gasteiger partial charge is 0.00671 e. The quantitative estimate of drug-likeness (QED) is 0.665. The van der Waals surface area contributed by atoms with Crippen molar-refractivity contribution in [1.29, 1.82) is 0 Å². The van der Waals surface area contributed by atoms with Gasteiger partial charge in [0.1, 0.15) is 0 Å². The SMILES string of the molecule is NC1CCC(CNC2CCC2)C1. The van der Waals surface area contributed by atoms with Crippen LogP contribution in [0, 0.1) is 5.92 Å². The van der Waals surface area contributed by atoms with E-state index < -0.39 is 0 Å². The topological polar surface area (TPSA) is 38.0 Å². The van der Waals surface area contributed by atoms with Gasteiger partial charge in [-0.25, -0.2) is 0 Å². The Morgan fingerprint density at radius 2 is 2.00 bits per heavy atom. The first-order valence-electron chi connectivity index (χ1n) is 5.33. The summed E-state index contributed by atoms with van der Waals surface area (Å²) in [4.78, 5) is 0. The Bertz CT molecular complexity index is 143. The van der Waals surface area contributed by atoms with Crippen LogP contribution in [0.2, 0.25) is 0 Å². The van der Waals surface area contributed by atoms with Crippen molar-refractivity contribution < 1.29 is 0 Å². The van der Waals surface area contributed by atoms with Gasteiger partial charge in [0.05, 0.1) is 0 Å². The van der Waals surface area contributed by atoms with Crippen molar-refractivity contribution in [2.24, 2.45) is 11.7 Å². The van der Waals surface area contributed by atoms with Crippen molar-refractivity contribution in [1.82, 2.24) is 5.32 Å². The lowest BCUT2D eigenvalue weighted by atomic mass is 9.92. The van der Waals surface area contributed by atoms with E-state index in [1.54, 1.807) is 0 Å². The van der Waals surface area contributed by atoms with E-state index in [0.717, 1.165) is 12.0 Å². The molecule has 0 aromatic heterocycles. The van der Waals surface area contributed by atoms with E-state index in [-0.39, 0.29) is 0 Å². The molecule has 0 bridgehead atoms. The van der Waals surface area contributed by atoms with Crippen molar-refractivity contribution in [3.05, 3.63) is 0 Å². The molecule has 0 amide bonds. The van der Waals surface area contributed by atoms with Gasteiger partial charge in [-0.15, -0.1) is 0 Å². The molecule has 2 heteroatoms. The van der Waals surface area contributed by atoms with Crippen LogP contribution in [0.4, 0.5) is 0 Å². The first kappa shape index (κ1) is 8.52. The molecule has 0 saturated heterocycles. The molecule has 2 aliphatic carbocycles. The largest absolute Gasteiger partial charge is 0.328 e. The second-order valence-corrected chi connectivity index (χ2v) is 4.48. The van der Waals surface area contributed by atoms with Crippen molar-refractivity contribution >= 4 is 0 Å². The summed E-state index contributed by atoms with van der Waals surface area (Å²) in [6.07, 6.45) is 8.08. The number of hydrogen-bond acceptors (Lipinski definition) is 2. The van der Waals surface area contributed by atoms with E-state index in [0.29, 0.717) is 6.04 Å². The van der Waals surface area contributed by atoms with Crippen molar-refractivity contribution in [2.45, 2.75) is 50.6 Å². The fourth-order valence-corrected chi connectivity index (χ4v) is 2.24. The lowest BCUT2D eigenvalue weighted by Crippen LogP contribution is -2.37. The highest BCUT2D eigenvalue weighted by Gasteiger charge is 2.23. The van der Waals surface area contributed by atoms with E-state index in [9.17, 15) is 0 Å². The molecule has 0 aliphatic heterocycles. The Morgan fingerprint density at radius 3 is 2.50 bits per heavy atom. The van der Waals surface area contributed by atoms with Crippen LogP contribution in [-0.4, -0.2) is 18.6 Å². The van der Waals surface area contributed by atoms with Gasteiger partial charge in [-0.3, -0.25) is 0 Å². The summed E-state index contributed by atoms with van der Waals surface area (Å²) in [5.41, 5.74) is 5.85. The molecule has 0 heterocycles. The van der Waals surface area contributed by atoms with Gasteiger partial charge in [0.25, 0.3) is 0 Å². The van der Waals surface area contributed by atoms with E-state index in [4.69, 9.17) is 5.73 Å². The Balaban J connectivity index is 1.60. The van der Waals surface area contributed by atoms with E-state index >= 15 is 0 Å². The zero-order valence-corrected chi connectivity index (χ0v) is 7.76. The fourth-order valence-electron chi connectivity index (χ4n) is 2.24. The molecular weight excluding hydrogens is 148 g/mol. The number of hydrogen-bond donors (Lipinski definition) is 2. The molecule has 2 unspecified atom stereocenters. The number of nitrogens with two attached hydrogens (primary N) is 1. The minimum atomic E-state index is 0.498. The maximum atomic E-state index is 5.85. The van der Waals surface area contributed by atoms with Crippen LogP contribution in [0.25, 0.3) is 0 Å². The molecule has 70 valence electrons. The first-order chi connectivity index (χ1) is 5.84. The van der Waals surface area contributed by atoms with Crippen LogP contribution in [0.15, 0.2) is 0 Å². The highest BCUT2D eigenvalue weighted by Crippen LogP contribution is 2.25. The van der Waals surface area contributed by atoms with Gasteiger partial charge in [-0.1, -0.05) is 6.42 Å².